The minimum Gasteiger partial charge on any atom is -0.390 e. The number of aliphatic hydroxyl groups is 1. The zero-order chi connectivity index (χ0) is 8.93. The van der Waals surface area contributed by atoms with Gasteiger partial charge < -0.3 is 9.84 Å². The summed E-state index contributed by atoms with van der Waals surface area (Å²) in [6, 6.07) is 0. The van der Waals surface area contributed by atoms with E-state index in [1.54, 1.807) is 0 Å². The van der Waals surface area contributed by atoms with E-state index in [1.807, 2.05) is 0 Å². The van der Waals surface area contributed by atoms with Gasteiger partial charge in [-0.15, -0.1) is 0 Å². The third-order valence-corrected chi connectivity index (χ3v) is 3.78. The SMILES string of the molecule is O=S(=O)(O)C1CC2OC1CC2O. The van der Waals surface area contributed by atoms with Crippen LogP contribution in [-0.4, -0.2) is 41.6 Å². The van der Waals surface area contributed by atoms with E-state index >= 15 is 0 Å². The van der Waals surface area contributed by atoms with E-state index in [0.29, 0.717) is 6.42 Å². The molecular weight excluding hydrogens is 184 g/mol. The second-order valence-electron chi connectivity index (χ2n) is 3.31. The van der Waals surface area contributed by atoms with Crippen LogP contribution in [0, 0.1) is 0 Å². The minimum absolute atomic E-state index is 0.213. The molecule has 0 aromatic heterocycles. The zero-order valence-corrected chi connectivity index (χ0v) is 7.07. The van der Waals surface area contributed by atoms with Crippen molar-refractivity contribution in [3.8, 4) is 0 Å². The summed E-state index contributed by atoms with van der Waals surface area (Å²) >= 11 is 0. The third-order valence-electron chi connectivity index (χ3n) is 2.51. The van der Waals surface area contributed by atoms with Gasteiger partial charge in [0.1, 0.15) is 5.25 Å². The predicted molar refractivity (Wildman–Crippen MR) is 39.2 cm³/mol. The molecule has 0 aliphatic carbocycles. The van der Waals surface area contributed by atoms with Crippen LogP contribution in [-0.2, 0) is 14.9 Å². The molecule has 12 heavy (non-hydrogen) atoms. The Labute approximate surface area is 70.1 Å². The van der Waals surface area contributed by atoms with Gasteiger partial charge >= 0.3 is 0 Å². The van der Waals surface area contributed by atoms with Crippen molar-refractivity contribution in [2.24, 2.45) is 0 Å². The first-order valence-electron chi connectivity index (χ1n) is 3.78. The summed E-state index contributed by atoms with van der Waals surface area (Å²) in [5.74, 6) is 0. The van der Waals surface area contributed by atoms with E-state index in [2.05, 4.69) is 0 Å². The van der Waals surface area contributed by atoms with E-state index in [9.17, 15) is 13.5 Å². The molecule has 0 aromatic rings. The lowest BCUT2D eigenvalue weighted by atomic mass is 9.97. The summed E-state index contributed by atoms with van der Waals surface area (Å²) in [6.45, 7) is 0. The van der Waals surface area contributed by atoms with Crippen molar-refractivity contribution >= 4 is 10.1 Å². The fourth-order valence-electron chi connectivity index (χ4n) is 1.91. The first-order valence-corrected chi connectivity index (χ1v) is 5.28. The Kier molecular flexibility index (Phi) is 1.69. The Morgan fingerprint density at radius 2 is 1.92 bits per heavy atom. The average Bonchev–Trinajstić information content (AvgIpc) is 2.41. The van der Waals surface area contributed by atoms with Crippen molar-refractivity contribution in [1.82, 2.24) is 0 Å². The van der Waals surface area contributed by atoms with E-state index < -0.39 is 33.7 Å². The van der Waals surface area contributed by atoms with Gasteiger partial charge in [0.25, 0.3) is 10.1 Å². The summed E-state index contributed by atoms with van der Waals surface area (Å²) in [4.78, 5) is 0. The number of ether oxygens (including phenoxy) is 1. The highest BCUT2D eigenvalue weighted by Gasteiger charge is 2.51. The molecule has 2 N–H and O–H groups in total. The Hall–Kier alpha value is -0.170. The Morgan fingerprint density at radius 3 is 2.25 bits per heavy atom. The molecule has 2 aliphatic rings. The first kappa shape index (κ1) is 8.43. The van der Waals surface area contributed by atoms with Crippen LogP contribution in [0.2, 0.25) is 0 Å². The molecule has 0 spiro atoms. The molecule has 2 aliphatic heterocycles. The van der Waals surface area contributed by atoms with Gasteiger partial charge in [0.2, 0.25) is 0 Å². The highest BCUT2D eigenvalue weighted by molar-refractivity contribution is 7.86. The van der Waals surface area contributed by atoms with Gasteiger partial charge in [0.15, 0.2) is 0 Å². The number of hydrogen-bond acceptors (Lipinski definition) is 4. The van der Waals surface area contributed by atoms with Crippen LogP contribution in [0.5, 0.6) is 0 Å². The van der Waals surface area contributed by atoms with Crippen molar-refractivity contribution in [3.05, 3.63) is 0 Å². The van der Waals surface area contributed by atoms with Crippen molar-refractivity contribution in [3.63, 3.8) is 0 Å². The second kappa shape index (κ2) is 2.41. The lowest BCUT2D eigenvalue weighted by Crippen LogP contribution is -2.35. The highest BCUT2D eigenvalue weighted by atomic mass is 32.2. The summed E-state index contributed by atoms with van der Waals surface area (Å²) in [7, 11) is -3.99. The van der Waals surface area contributed by atoms with E-state index in [-0.39, 0.29) is 6.42 Å². The Bertz CT molecular complexity index is 282. The average molecular weight is 194 g/mol. The second-order valence-corrected chi connectivity index (χ2v) is 4.94. The molecule has 2 heterocycles. The Balaban J connectivity index is 2.18. The fourth-order valence-corrected chi connectivity index (χ4v) is 2.90. The molecular formula is C6H10O5S. The molecule has 0 saturated carbocycles. The van der Waals surface area contributed by atoms with Crippen LogP contribution in [0.1, 0.15) is 12.8 Å². The van der Waals surface area contributed by atoms with Crippen molar-refractivity contribution in [2.45, 2.75) is 36.4 Å². The summed E-state index contributed by atoms with van der Waals surface area (Å²) in [5.41, 5.74) is 0. The van der Waals surface area contributed by atoms with E-state index in [4.69, 9.17) is 9.29 Å². The monoisotopic (exact) mass is 194 g/mol. The number of aliphatic hydroxyl groups excluding tert-OH is 1. The molecule has 70 valence electrons. The van der Waals surface area contributed by atoms with Gasteiger partial charge in [-0.05, 0) is 6.42 Å². The van der Waals surface area contributed by atoms with Crippen LogP contribution in [0.25, 0.3) is 0 Å². The largest absolute Gasteiger partial charge is 0.390 e. The maximum absolute atomic E-state index is 10.7. The number of rotatable bonds is 1. The quantitative estimate of drug-likeness (QED) is 0.532. The molecule has 2 saturated heterocycles. The molecule has 4 atom stereocenters. The normalized spacial score (nSPS) is 46.8. The molecule has 4 unspecified atom stereocenters. The fraction of sp³-hybridized carbons (Fsp3) is 1.00. The van der Waals surface area contributed by atoms with Crippen LogP contribution in [0.3, 0.4) is 0 Å². The molecule has 5 nitrogen and oxygen atoms in total. The summed E-state index contributed by atoms with van der Waals surface area (Å²) in [5, 5.41) is 8.37. The van der Waals surface area contributed by atoms with Crippen molar-refractivity contribution in [1.29, 1.82) is 0 Å². The van der Waals surface area contributed by atoms with Gasteiger partial charge in [-0.2, -0.15) is 8.42 Å². The lowest BCUT2D eigenvalue weighted by Gasteiger charge is -2.18. The van der Waals surface area contributed by atoms with E-state index in [1.165, 1.54) is 0 Å². The molecule has 0 radical (unpaired) electrons. The third kappa shape index (κ3) is 1.15. The van der Waals surface area contributed by atoms with Gasteiger partial charge in [0, 0.05) is 6.42 Å². The van der Waals surface area contributed by atoms with E-state index in [0.717, 1.165) is 0 Å². The topological polar surface area (TPSA) is 83.8 Å². The molecule has 0 amide bonds. The van der Waals surface area contributed by atoms with Crippen molar-refractivity contribution in [2.75, 3.05) is 0 Å². The minimum atomic E-state index is -3.99. The molecule has 2 bridgehead atoms. The molecule has 2 rings (SSSR count). The first-order chi connectivity index (χ1) is 5.48. The smallest absolute Gasteiger partial charge is 0.270 e. The standard InChI is InChI=1S/C6H10O5S/c7-3-1-5-6(12(8,9)10)2-4(3)11-5/h3-7H,1-2H2,(H,8,9,10). The molecule has 6 heteroatoms. The van der Waals surface area contributed by atoms with Crippen LogP contribution >= 0.6 is 0 Å². The Morgan fingerprint density at radius 1 is 1.25 bits per heavy atom. The van der Waals surface area contributed by atoms with Gasteiger partial charge in [-0.3, -0.25) is 4.55 Å². The van der Waals surface area contributed by atoms with Gasteiger partial charge in [-0.25, -0.2) is 0 Å². The van der Waals surface area contributed by atoms with Gasteiger partial charge in [-0.1, -0.05) is 0 Å². The maximum Gasteiger partial charge on any atom is 0.270 e. The zero-order valence-electron chi connectivity index (χ0n) is 6.25. The lowest BCUT2D eigenvalue weighted by molar-refractivity contribution is 0.0537. The summed E-state index contributed by atoms with van der Waals surface area (Å²) in [6.07, 6.45) is -0.949. The molecule has 0 aromatic carbocycles. The summed E-state index contributed by atoms with van der Waals surface area (Å²) < 4.78 is 35.3. The van der Waals surface area contributed by atoms with Crippen LogP contribution in [0.4, 0.5) is 0 Å². The molecule has 2 fully saturated rings. The highest BCUT2D eigenvalue weighted by Crippen LogP contribution is 2.37. The maximum atomic E-state index is 10.7. The number of fused-ring (bicyclic) bond motifs is 2. The van der Waals surface area contributed by atoms with Crippen LogP contribution < -0.4 is 0 Å². The van der Waals surface area contributed by atoms with Gasteiger partial charge in [0.05, 0.1) is 18.3 Å². The predicted octanol–water partition coefficient (Wildman–Crippen LogP) is -0.835. The number of hydrogen-bond donors (Lipinski definition) is 2. The van der Waals surface area contributed by atoms with Crippen LogP contribution in [0.15, 0.2) is 0 Å². The van der Waals surface area contributed by atoms with Crippen molar-refractivity contribution < 1.29 is 22.8 Å².